The number of nitrogens with zero attached hydrogens (tertiary/aromatic N) is 3. The van der Waals surface area contributed by atoms with E-state index in [2.05, 4.69) is 42.2 Å². The fourth-order valence-electron chi connectivity index (χ4n) is 8.50. The fraction of sp³-hybridized carbons (Fsp3) is 0.509. The van der Waals surface area contributed by atoms with Crippen molar-refractivity contribution in [2.75, 3.05) is 54.1 Å². The molecule has 8 amide bonds. The highest BCUT2D eigenvalue weighted by molar-refractivity contribution is 5.98. The Hall–Kier alpha value is -8.16. The van der Waals surface area contributed by atoms with Crippen LogP contribution in [-0.4, -0.2) is 187 Å². The first-order chi connectivity index (χ1) is 38.9. The second-order valence-electron chi connectivity index (χ2n) is 20.5. The molecule has 25 nitrogen and oxygen atoms in total. The van der Waals surface area contributed by atoms with Gasteiger partial charge in [-0.1, -0.05) is 75.4 Å². The molecule has 1 unspecified atom stereocenters. The maximum absolute atomic E-state index is 14.8. The van der Waals surface area contributed by atoms with Gasteiger partial charge in [0.25, 0.3) is 0 Å². The van der Waals surface area contributed by atoms with Crippen LogP contribution in [0.5, 0.6) is 11.5 Å². The van der Waals surface area contributed by atoms with Gasteiger partial charge < -0.3 is 78.5 Å². The predicted molar refractivity (Wildman–Crippen MR) is 306 cm³/mol. The normalized spacial score (nSPS) is 14.0. The van der Waals surface area contributed by atoms with Gasteiger partial charge in [0.1, 0.15) is 47.8 Å². The molecule has 0 saturated heterocycles. The number of methoxy groups -OCH3 is 1. The third-order valence-corrected chi connectivity index (χ3v) is 13.2. The molecule has 25 heteroatoms. The van der Waals surface area contributed by atoms with E-state index in [-0.39, 0.29) is 74.4 Å². The number of likely N-dealkylation sites (N-methyl/N-ethyl adjacent to an activating group) is 2. The minimum Gasteiger partial charge on any atom is -0.508 e. The third-order valence-electron chi connectivity index (χ3n) is 13.2. The summed E-state index contributed by atoms with van der Waals surface area (Å²) in [5, 5.41) is 49.7. The molecule has 0 heterocycles. The SMILES string of the molecule is CCCNC(C)C(=O)[C@H](CCCN=C(N)N)NC(=O)[C@H](CC(C)C)NC(=O)[C@@H](CO)NC(=O)[C@H](Cc1ccc(O)cc1)NC(=O)[C@H](COC)N(C)C(=O)[C@@H](Cc1ccc(O)cc1)NC(=O)[C@@H](Cc1ccccc1)NC(=O)CN(C)C(C)=O. The summed E-state index contributed by atoms with van der Waals surface area (Å²) in [7, 11) is 3.97. The smallest absolute Gasteiger partial charge is 0.245 e. The van der Waals surface area contributed by atoms with E-state index in [9.17, 15) is 58.5 Å². The number of carbonyl (C=O) groups is 9. The van der Waals surface area contributed by atoms with Gasteiger partial charge in [-0.3, -0.25) is 48.1 Å². The van der Waals surface area contributed by atoms with Crippen molar-refractivity contribution in [2.24, 2.45) is 22.4 Å². The average Bonchev–Trinajstić information content (AvgIpc) is 3.51. The van der Waals surface area contributed by atoms with E-state index >= 15 is 0 Å². The number of hydrogen-bond acceptors (Lipinski definition) is 15. The number of amides is 8. The van der Waals surface area contributed by atoms with E-state index in [1.807, 2.05) is 6.92 Å². The molecular weight excluding hydrogens is 1060 g/mol. The zero-order valence-corrected chi connectivity index (χ0v) is 48.1. The number of aliphatic hydroxyl groups excluding tert-OH is 1. The van der Waals surface area contributed by atoms with Crippen LogP contribution in [0.15, 0.2) is 83.9 Å². The van der Waals surface area contributed by atoms with Gasteiger partial charge in [0, 0.05) is 53.9 Å². The summed E-state index contributed by atoms with van der Waals surface area (Å²) in [5.74, 6) is -7.04. The lowest BCUT2D eigenvalue weighted by molar-refractivity contribution is -0.144. The van der Waals surface area contributed by atoms with Crippen LogP contribution in [0.3, 0.4) is 0 Å². The van der Waals surface area contributed by atoms with Crippen LogP contribution < -0.4 is 48.7 Å². The van der Waals surface area contributed by atoms with Gasteiger partial charge in [0.05, 0.1) is 31.8 Å². The standard InChI is InChI=1S/C57H84N12O13/c1-9-25-60-35(4)50(75)42(16-13-26-61-57(58)59)63-51(76)43(27-34(2)3)64-54(79)47(32-70)67-53(78)45(29-38-17-21-40(72)22-18-38)65-55(80)48(33-82-8)69(7)56(81)46(30-39-19-23-41(73)24-20-39)66-52(77)44(28-37-14-11-10-12-15-37)62-49(74)31-68(6)36(5)71/h10-12,14-15,17-24,34-35,42-48,60,70,72-73H,9,13,16,25-33H2,1-8H3,(H,62,74)(H,63,76)(H,64,79)(H,65,80)(H,66,77)(H,67,78)(H4,58,59,61)/t35?,42-,43-,44+,45-,46+,47+,48-/m0/s1. The highest BCUT2D eigenvalue weighted by Crippen LogP contribution is 2.17. The molecule has 0 radical (unpaired) electrons. The highest BCUT2D eigenvalue weighted by atomic mass is 16.5. The highest BCUT2D eigenvalue weighted by Gasteiger charge is 2.37. The van der Waals surface area contributed by atoms with Crippen LogP contribution in [0.4, 0.5) is 0 Å². The van der Waals surface area contributed by atoms with Gasteiger partial charge in [-0.2, -0.15) is 0 Å². The van der Waals surface area contributed by atoms with Gasteiger partial charge in [-0.25, -0.2) is 0 Å². The van der Waals surface area contributed by atoms with Gasteiger partial charge in [0.15, 0.2) is 11.7 Å². The molecule has 0 saturated carbocycles. The zero-order valence-electron chi connectivity index (χ0n) is 48.1. The van der Waals surface area contributed by atoms with Crippen molar-refractivity contribution in [3.8, 4) is 11.5 Å². The second kappa shape index (κ2) is 34.9. The molecule has 0 aliphatic heterocycles. The topological polar surface area (TPSA) is 379 Å². The number of carbonyl (C=O) groups excluding carboxylic acids is 9. The number of aliphatic imine (C=N–C) groups is 1. The summed E-state index contributed by atoms with van der Waals surface area (Å²) < 4.78 is 5.42. The van der Waals surface area contributed by atoms with Crippen LogP contribution in [0.25, 0.3) is 0 Å². The Morgan fingerprint density at radius 1 is 0.634 bits per heavy atom. The number of phenolic OH excluding ortho intramolecular Hbond substituents is 2. The number of nitrogens with one attached hydrogen (secondary N) is 7. The third kappa shape index (κ3) is 23.5. The van der Waals surface area contributed by atoms with Gasteiger partial charge in [-0.05, 0) is 86.0 Å². The molecule has 0 aliphatic rings. The van der Waals surface area contributed by atoms with Crippen molar-refractivity contribution >= 4 is 59.0 Å². The number of phenols is 2. The number of aromatic hydroxyl groups is 2. The molecule has 3 rings (SSSR count). The van der Waals surface area contributed by atoms with Crippen LogP contribution in [0.1, 0.15) is 77.0 Å². The summed E-state index contributed by atoms with van der Waals surface area (Å²) in [4.78, 5) is 131. The molecule has 450 valence electrons. The Kier molecular flexibility index (Phi) is 29.0. The number of aliphatic hydroxyl groups is 1. The van der Waals surface area contributed by atoms with E-state index in [4.69, 9.17) is 16.2 Å². The Balaban J connectivity index is 1.97. The van der Waals surface area contributed by atoms with E-state index < -0.39 is 109 Å². The summed E-state index contributed by atoms with van der Waals surface area (Å²) in [6.45, 7) is 7.45. The Morgan fingerprint density at radius 3 is 1.62 bits per heavy atom. The fourth-order valence-corrected chi connectivity index (χ4v) is 8.50. The Labute approximate surface area is 479 Å². The van der Waals surface area contributed by atoms with Crippen LogP contribution in [0, 0.1) is 5.92 Å². The van der Waals surface area contributed by atoms with Gasteiger partial charge >= 0.3 is 0 Å². The van der Waals surface area contributed by atoms with Gasteiger partial charge in [0.2, 0.25) is 47.3 Å². The molecule has 82 heavy (non-hydrogen) atoms. The van der Waals surface area contributed by atoms with Crippen LogP contribution in [0.2, 0.25) is 0 Å². The minimum atomic E-state index is -1.70. The second-order valence-corrected chi connectivity index (χ2v) is 20.5. The largest absolute Gasteiger partial charge is 0.508 e. The van der Waals surface area contributed by atoms with Crippen molar-refractivity contribution < 1.29 is 63.2 Å². The molecule has 3 aromatic carbocycles. The molecule has 0 bridgehead atoms. The molecule has 0 aromatic heterocycles. The molecule has 3 aromatic rings. The number of nitrogens with two attached hydrogens (primary N) is 2. The molecule has 8 atom stereocenters. The summed E-state index contributed by atoms with van der Waals surface area (Å²) in [6, 6.07) is 9.91. The summed E-state index contributed by atoms with van der Waals surface area (Å²) >= 11 is 0. The van der Waals surface area contributed by atoms with Crippen molar-refractivity contribution in [3.05, 3.63) is 95.6 Å². The molecule has 0 aliphatic carbocycles. The first kappa shape index (κ1) is 68.1. The number of Topliss-reactive ketones (excluding diaryl/α,β-unsaturated/α-hetero) is 1. The van der Waals surface area contributed by atoms with Crippen molar-refractivity contribution in [1.82, 2.24) is 47.0 Å². The number of benzene rings is 3. The monoisotopic (exact) mass is 1140 g/mol. The van der Waals surface area contributed by atoms with Crippen molar-refractivity contribution in [3.63, 3.8) is 0 Å². The lowest BCUT2D eigenvalue weighted by Crippen LogP contribution is -2.62. The summed E-state index contributed by atoms with van der Waals surface area (Å²) in [6.07, 6.45) is 0.870. The summed E-state index contributed by atoms with van der Waals surface area (Å²) in [5.41, 5.74) is 12.5. The Bertz CT molecular complexity index is 2600. The Morgan fingerprint density at radius 2 is 1.11 bits per heavy atom. The van der Waals surface area contributed by atoms with Crippen molar-refractivity contribution in [1.29, 1.82) is 0 Å². The van der Waals surface area contributed by atoms with E-state index in [1.54, 1.807) is 51.1 Å². The van der Waals surface area contributed by atoms with Gasteiger partial charge in [-0.15, -0.1) is 0 Å². The van der Waals surface area contributed by atoms with E-state index in [1.165, 1.54) is 76.7 Å². The number of rotatable bonds is 35. The van der Waals surface area contributed by atoms with Crippen LogP contribution >= 0.6 is 0 Å². The first-order valence-corrected chi connectivity index (χ1v) is 27.2. The lowest BCUT2D eigenvalue weighted by Gasteiger charge is -2.32. The lowest BCUT2D eigenvalue weighted by atomic mass is 9.98. The zero-order chi connectivity index (χ0) is 61.1. The number of guanidine groups is 1. The van der Waals surface area contributed by atoms with Crippen molar-refractivity contribution in [2.45, 2.75) is 128 Å². The minimum absolute atomic E-state index is 0.0209. The molecule has 0 spiro atoms. The van der Waals surface area contributed by atoms with E-state index in [0.717, 1.165) is 16.2 Å². The number of hydrogen-bond donors (Lipinski definition) is 12. The maximum Gasteiger partial charge on any atom is 0.245 e. The quantitative estimate of drug-likeness (QED) is 0.0192. The first-order valence-electron chi connectivity index (χ1n) is 27.2. The number of ketones is 1. The molecule has 14 N–H and O–H groups in total. The van der Waals surface area contributed by atoms with E-state index in [0.29, 0.717) is 29.7 Å². The maximum atomic E-state index is 14.8. The van der Waals surface area contributed by atoms with Crippen LogP contribution in [-0.2, 0) is 67.2 Å². The molecule has 0 fully saturated rings. The number of ether oxygens (including phenoxy) is 1. The average molecular weight is 1150 g/mol. The predicted octanol–water partition coefficient (Wildman–Crippen LogP) is -0.965. The molecular formula is C57H84N12O13.